The molecule has 0 fully saturated rings. The summed E-state index contributed by atoms with van der Waals surface area (Å²) in [6, 6.07) is 0. The van der Waals surface area contributed by atoms with Crippen molar-refractivity contribution in [2.24, 2.45) is 11.8 Å². The second-order valence-electron chi connectivity index (χ2n) is 6.30. The summed E-state index contributed by atoms with van der Waals surface area (Å²) >= 11 is 0. The van der Waals surface area contributed by atoms with Gasteiger partial charge < -0.3 is 0 Å². The third-order valence-corrected chi connectivity index (χ3v) is 3.46. The molecule has 1 heteroatoms. The summed E-state index contributed by atoms with van der Waals surface area (Å²) in [5.74, 6) is 1.80. The van der Waals surface area contributed by atoms with E-state index < -0.39 is 0 Å². The summed E-state index contributed by atoms with van der Waals surface area (Å²) in [5.41, 5.74) is 1.37. The molecule has 0 N–H and O–H groups in total. The number of carbonyl (C=O) groups excluding carboxylic acids is 1. The average molecular weight is 264 g/mol. The highest BCUT2D eigenvalue weighted by Crippen LogP contribution is 2.18. The van der Waals surface area contributed by atoms with E-state index in [1.54, 1.807) is 13.0 Å². The topological polar surface area (TPSA) is 17.1 Å². The summed E-state index contributed by atoms with van der Waals surface area (Å²) in [6.07, 6.45) is 13.4. The van der Waals surface area contributed by atoms with Gasteiger partial charge in [-0.2, -0.15) is 0 Å². The Morgan fingerprint density at radius 3 is 2.21 bits per heavy atom. The van der Waals surface area contributed by atoms with E-state index in [1.165, 1.54) is 37.7 Å². The van der Waals surface area contributed by atoms with Gasteiger partial charge in [-0.25, -0.2) is 0 Å². The molecule has 0 aliphatic carbocycles. The summed E-state index contributed by atoms with van der Waals surface area (Å²) in [7, 11) is 0. The zero-order valence-electron chi connectivity index (χ0n) is 13.5. The van der Waals surface area contributed by atoms with Gasteiger partial charge in [0.25, 0.3) is 0 Å². The monoisotopic (exact) mass is 264 g/mol. The zero-order chi connectivity index (χ0) is 14.7. The smallest absolute Gasteiger partial charge is 0.152 e. The molecule has 1 unspecified atom stereocenters. The van der Waals surface area contributed by atoms with Crippen molar-refractivity contribution >= 4 is 5.78 Å². The number of carbonyl (C=O) groups is 1. The van der Waals surface area contributed by atoms with Crippen molar-refractivity contribution in [3.63, 3.8) is 0 Å². The summed E-state index contributed by atoms with van der Waals surface area (Å²) in [6.45, 7) is 10.7. The van der Waals surface area contributed by atoms with Gasteiger partial charge in [0.2, 0.25) is 0 Å². The van der Waals surface area contributed by atoms with Crippen molar-refractivity contribution in [2.75, 3.05) is 0 Å². The molecule has 1 nitrogen and oxygen atoms in total. The number of rotatable bonds is 10. The van der Waals surface area contributed by atoms with Crippen LogP contribution in [-0.4, -0.2) is 5.78 Å². The number of hydrogen-bond donors (Lipinski definition) is 0. The van der Waals surface area contributed by atoms with E-state index in [0.29, 0.717) is 0 Å². The van der Waals surface area contributed by atoms with E-state index in [9.17, 15) is 4.79 Å². The number of hydrogen-bond acceptors (Lipinski definition) is 1. The Kier molecular flexibility index (Phi) is 10.5. The lowest BCUT2D eigenvalue weighted by molar-refractivity contribution is -0.112. The molecule has 0 aliphatic heterocycles. The van der Waals surface area contributed by atoms with Crippen LogP contribution in [0.25, 0.3) is 0 Å². The van der Waals surface area contributed by atoms with E-state index in [0.717, 1.165) is 18.3 Å². The minimum atomic E-state index is 0.114. The molecule has 110 valence electrons. The van der Waals surface area contributed by atoms with Crippen molar-refractivity contribution in [3.05, 3.63) is 23.8 Å². The van der Waals surface area contributed by atoms with Crippen LogP contribution >= 0.6 is 0 Å². The van der Waals surface area contributed by atoms with Crippen molar-refractivity contribution in [1.29, 1.82) is 0 Å². The number of ketones is 1. The van der Waals surface area contributed by atoms with Crippen molar-refractivity contribution in [3.8, 4) is 0 Å². The van der Waals surface area contributed by atoms with E-state index in [2.05, 4.69) is 33.8 Å². The minimum Gasteiger partial charge on any atom is -0.295 e. The lowest BCUT2D eigenvalue weighted by Crippen LogP contribution is -1.97. The van der Waals surface area contributed by atoms with Crippen LogP contribution in [0.15, 0.2) is 23.8 Å². The molecule has 0 spiro atoms. The zero-order valence-corrected chi connectivity index (χ0v) is 13.5. The van der Waals surface area contributed by atoms with Crippen molar-refractivity contribution < 1.29 is 4.79 Å². The molecule has 0 heterocycles. The molecule has 0 radical (unpaired) electrons. The van der Waals surface area contributed by atoms with Crippen LogP contribution in [0.4, 0.5) is 0 Å². The second-order valence-corrected chi connectivity index (χ2v) is 6.30. The largest absolute Gasteiger partial charge is 0.295 e. The summed E-state index contributed by atoms with van der Waals surface area (Å²) < 4.78 is 0. The van der Waals surface area contributed by atoms with Crippen LogP contribution < -0.4 is 0 Å². The SMILES string of the molecule is CC(=O)/C=C/C=C(\C)CCCC(C)CCCC(C)C. The number of allylic oxidation sites excluding steroid dienone is 4. The lowest BCUT2D eigenvalue weighted by atomic mass is 9.94. The maximum Gasteiger partial charge on any atom is 0.152 e. The standard InChI is InChI=1S/C18H32O/c1-15(2)9-6-10-16(3)11-7-12-17(4)13-8-14-18(5)19/h8,13-16H,6-7,9-12H2,1-5H3/b14-8+,17-13+. The van der Waals surface area contributed by atoms with Crippen LogP contribution in [0.3, 0.4) is 0 Å². The fourth-order valence-electron chi connectivity index (χ4n) is 2.18. The van der Waals surface area contributed by atoms with E-state index >= 15 is 0 Å². The first-order valence-corrected chi connectivity index (χ1v) is 7.76. The normalized spacial score (nSPS) is 14.3. The molecule has 0 aromatic rings. The Hall–Kier alpha value is -0.850. The van der Waals surface area contributed by atoms with Gasteiger partial charge in [0.1, 0.15) is 0 Å². The quantitative estimate of drug-likeness (QED) is 0.365. The van der Waals surface area contributed by atoms with Gasteiger partial charge in [0.05, 0.1) is 0 Å². The van der Waals surface area contributed by atoms with Gasteiger partial charge in [0, 0.05) is 0 Å². The minimum absolute atomic E-state index is 0.114. The highest BCUT2D eigenvalue weighted by Gasteiger charge is 2.03. The Morgan fingerprint density at radius 2 is 1.63 bits per heavy atom. The molecule has 0 aliphatic rings. The molecular formula is C18H32O. The third-order valence-electron chi connectivity index (χ3n) is 3.46. The average Bonchev–Trinajstić information content (AvgIpc) is 2.27. The van der Waals surface area contributed by atoms with Crippen LogP contribution in [0, 0.1) is 11.8 Å². The molecule has 0 rings (SSSR count). The van der Waals surface area contributed by atoms with E-state index in [1.807, 2.05) is 6.08 Å². The van der Waals surface area contributed by atoms with Crippen molar-refractivity contribution in [1.82, 2.24) is 0 Å². The van der Waals surface area contributed by atoms with Crippen LogP contribution in [0.5, 0.6) is 0 Å². The van der Waals surface area contributed by atoms with E-state index in [4.69, 9.17) is 0 Å². The molecule has 0 bridgehead atoms. The fourth-order valence-corrected chi connectivity index (χ4v) is 2.18. The molecule has 0 aromatic heterocycles. The maximum atomic E-state index is 10.8. The molecule has 0 saturated heterocycles. The van der Waals surface area contributed by atoms with Gasteiger partial charge in [-0.15, -0.1) is 0 Å². The highest BCUT2D eigenvalue weighted by atomic mass is 16.1. The Balaban J connectivity index is 3.69. The Morgan fingerprint density at radius 1 is 1.00 bits per heavy atom. The molecule has 19 heavy (non-hydrogen) atoms. The summed E-state index contributed by atoms with van der Waals surface area (Å²) in [5, 5.41) is 0. The van der Waals surface area contributed by atoms with E-state index in [-0.39, 0.29) is 5.78 Å². The van der Waals surface area contributed by atoms with Crippen LogP contribution in [0.1, 0.15) is 73.1 Å². The van der Waals surface area contributed by atoms with Gasteiger partial charge in [-0.05, 0) is 44.6 Å². The first-order chi connectivity index (χ1) is 8.91. The van der Waals surface area contributed by atoms with Crippen LogP contribution in [-0.2, 0) is 4.79 Å². The predicted octanol–water partition coefficient (Wildman–Crippen LogP) is 5.71. The Labute approximate surface area is 120 Å². The molecule has 0 aromatic carbocycles. The first-order valence-electron chi connectivity index (χ1n) is 7.76. The third kappa shape index (κ3) is 13.4. The fraction of sp³-hybridized carbons (Fsp3) is 0.722. The molecule has 0 saturated carbocycles. The first kappa shape index (κ1) is 18.1. The Bertz CT molecular complexity index is 297. The molecular weight excluding hydrogens is 232 g/mol. The molecule has 0 amide bonds. The van der Waals surface area contributed by atoms with Gasteiger partial charge in [-0.1, -0.05) is 64.2 Å². The van der Waals surface area contributed by atoms with Gasteiger partial charge in [-0.3, -0.25) is 4.79 Å². The highest BCUT2D eigenvalue weighted by molar-refractivity contribution is 5.87. The van der Waals surface area contributed by atoms with Gasteiger partial charge >= 0.3 is 0 Å². The predicted molar refractivity (Wildman–Crippen MR) is 85.3 cm³/mol. The summed E-state index contributed by atoms with van der Waals surface area (Å²) in [4.78, 5) is 10.8. The van der Waals surface area contributed by atoms with Crippen molar-refractivity contribution in [2.45, 2.75) is 73.1 Å². The molecule has 1 atom stereocenters. The second kappa shape index (κ2) is 11.0. The lowest BCUT2D eigenvalue weighted by Gasteiger charge is -2.12. The van der Waals surface area contributed by atoms with Gasteiger partial charge in [0.15, 0.2) is 5.78 Å². The van der Waals surface area contributed by atoms with Crippen LogP contribution in [0.2, 0.25) is 0 Å². The maximum absolute atomic E-state index is 10.8.